The molecule has 104 valence electrons. The minimum absolute atomic E-state index is 0.172. The number of hydrogen-bond donors (Lipinski definition) is 1. The van der Waals surface area contributed by atoms with Crippen LogP contribution in [0.5, 0.6) is 11.5 Å². The SMILES string of the molecule is O=[N+]([O-])c1ccc(F)cc1Oc1ccc(Cl)cc1CO. The molecule has 0 aliphatic carbocycles. The van der Waals surface area contributed by atoms with E-state index in [1.54, 1.807) is 0 Å². The zero-order chi connectivity index (χ0) is 14.7. The normalized spacial score (nSPS) is 10.3. The number of ether oxygens (including phenoxy) is 1. The second kappa shape index (κ2) is 5.85. The van der Waals surface area contributed by atoms with E-state index in [-0.39, 0.29) is 23.8 Å². The molecule has 0 aromatic heterocycles. The number of hydrogen-bond acceptors (Lipinski definition) is 4. The lowest BCUT2D eigenvalue weighted by Gasteiger charge is -2.10. The highest BCUT2D eigenvalue weighted by atomic mass is 35.5. The summed E-state index contributed by atoms with van der Waals surface area (Å²) in [4.78, 5) is 10.2. The number of nitro benzene ring substituents is 1. The zero-order valence-corrected chi connectivity index (χ0v) is 10.8. The Morgan fingerprint density at radius 3 is 2.65 bits per heavy atom. The van der Waals surface area contributed by atoms with Gasteiger partial charge in [0.2, 0.25) is 5.75 Å². The first-order valence-electron chi connectivity index (χ1n) is 5.52. The molecule has 20 heavy (non-hydrogen) atoms. The maximum Gasteiger partial charge on any atom is 0.311 e. The third kappa shape index (κ3) is 3.04. The second-order valence-corrected chi connectivity index (χ2v) is 4.32. The predicted octanol–water partition coefficient (Wildman–Crippen LogP) is 3.67. The number of nitro groups is 1. The molecule has 0 heterocycles. The van der Waals surface area contributed by atoms with Crippen LogP contribution >= 0.6 is 11.6 Å². The lowest BCUT2D eigenvalue weighted by Crippen LogP contribution is -1.96. The van der Waals surface area contributed by atoms with Gasteiger partial charge in [0.15, 0.2) is 0 Å². The number of benzene rings is 2. The maximum atomic E-state index is 13.2. The minimum Gasteiger partial charge on any atom is -0.450 e. The third-order valence-electron chi connectivity index (χ3n) is 2.53. The summed E-state index contributed by atoms with van der Waals surface area (Å²) in [5.74, 6) is -0.734. The molecule has 0 spiro atoms. The van der Waals surface area contributed by atoms with Crippen molar-refractivity contribution in [2.75, 3.05) is 0 Å². The van der Waals surface area contributed by atoms with Gasteiger partial charge >= 0.3 is 5.69 Å². The molecule has 0 unspecified atom stereocenters. The molecular weight excluding hydrogens is 289 g/mol. The molecule has 0 radical (unpaired) electrons. The summed E-state index contributed by atoms with van der Waals surface area (Å²) in [5, 5.41) is 20.5. The molecular formula is C13H9ClFNO4. The third-order valence-corrected chi connectivity index (χ3v) is 2.77. The molecule has 2 rings (SSSR count). The highest BCUT2D eigenvalue weighted by molar-refractivity contribution is 6.30. The van der Waals surface area contributed by atoms with Crippen LogP contribution in [0.1, 0.15) is 5.56 Å². The van der Waals surface area contributed by atoms with Crippen molar-refractivity contribution in [1.82, 2.24) is 0 Å². The summed E-state index contributed by atoms with van der Waals surface area (Å²) in [7, 11) is 0. The van der Waals surface area contributed by atoms with Crippen LogP contribution in [0.15, 0.2) is 36.4 Å². The summed E-state index contributed by atoms with van der Waals surface area (Å²) >= 11 is 5.77. The highest BCUT2D eigenvalue weighted by Crippen LogP contribution is 2.34. The standard InChI is InChI=1S/C13H9ClFNO4/c14-9-1-4-12(8(5-9)7-17)20-13-6-10(15)2-3-11(13)16(18)19/h1-6,17H,7H2. The van der Waals surface area contributed by atoms with E-state index in [2.05, 4.69) is 0 Å². The van der Waals surface area contributed by atoms with Crippen LogP contribution in [0.4, 0.5) is 10.1 Å². The molecule has 0 aliphatic heterocycles. The molecule has 5 nitrogen and oxygen atoms in total. The van der Waals surface area contributed by atoms with Gasteiger partial charge < -0.3 is 9.84 Å². The first kappa shape index (κ1) is 14.2. The summed E-state index contributed by atoms with van der Waals surface area (Å²) in [6.07, 6.45) is 0. The molecule has 0 fully saturated rings. The number of nitrogens with zero attached hydrogens (tertiary/aromatic N) is 1. The van der Waals surface area contributed by atoms with Gasteiger partial charge in [0.05, 0.1) is 11.5 Å². The van der Waals surface area contributed by atoms with Crippen LogP contribution in [-0.2, 0) is 6.61 Å². The average molecular weight is 298 g/mol. The van der Waals surface area contributed by atoms with Gasteiger partial charge in [-0.15, -0.1) is 0 Å². The fourth-order valence-corrected chi connectivity index (χ4v) is 1.80. The van der Waals surface area contributed by atoms with E-state index >= 15 is 0 Å². The van der Waals surface area contributed by atoms with Crippen LogP contribution in [0.2, 0.25) is 5.02 Å². The van der Waals surface area contributed by atoms with Crippen LogP contribution in [0, 0.1) is 15.9 Å². The van der Waals surface area contributed by atoms with Gasteiger partial charge in [0.1, 0.15) is 11.6 Å². The molecule has 2 aromatic rings. The number of aliphatic hydroxyl groups excluding tert-OH is 1. The van der Waals surface area contributed by atoms with Gasteiger partial charge in [-0.3, -0.25) is 10.1 Å². The van der Waals surface area contributed by atoms with Crippen LogP contribution in [0.3, 0.4) is 0 Å². The minimum atomic E-state index is -0.677. The Hall–Kier alpha value is -2.18. The van der Waals surface area contributed by atoms with E-state index in [4.69, 9.17) is 16.3 Å². The van der Waals surface area contributed by atoms with Crippen molar-refractivity contribution >= 4 is 17.3 Å². The van der Waals surface area contributed by atoms with E-state index in [9.17, 15) is 19.6 Å². The van der Waals surface area contributed by atoms with Crippen LogP contribution < -0.4 is 4.74 Å². The summed E-state index contributed by atoms with van der Waals surface area (Å²) in [6.45, 7) is -0.362. The number of halogens is 2. The Balaban J connectivity index is 2.44. The van der Waals surface area contributed by atoms with Crippen molar-refractivity contribution in [1.29, 1.82) is 0 Å². The monoisotopic (exact) mass is 297 g/mol. The van der Waals surface area contributed by atoms with Gasteiger partial charge in [-0.2, -0.15) is 0 Å². The topological polar surface area (TPSA) is 72.6 Å². The summed E-state index contributed by atoms with van der Waals surface area (Å²) in [6, 6.07) is 7.30. The van der Waals surface area contributed by atoms with Crippen molar-refractivity contribution in [3.63, 3.8) is 0 Å². The van der Waals surface area contributed by atoms with Crippen molar-refractivity contribution in [3.05, 3.63) is 62.9 Å². The molecule has 0 amide bonds. The molecule has 0 saturated carbocycles. The molecule has 0 bridgehead atoms. The molecule has 0 aliphatic rings. The lowest BCUT2D eigenvalue weighted by molar-refractivity contribution is -0.385. The van der Waals surface area contributed by atoms with Gasteiger partial charge in [0.25, 0.3) is 0 Å². The van der Waals surface area contributed by atoms with Gasteiger partial charge in [-0.05, 0) is 24.3 Å². The highest BCUT2D eigenvalue weighted by Gasteiger charge is 2.18. The Bertz CT molecular complexity index is 663. The van der Waals surface area contributed by atoms with Gasteiger partial charge in [0, 0.05) is 22.7 Å². The molecule has 0 saturated heterocycles. The first-order valence-corrected chi connectivity index (χ1v) is 5.90. The number of aliphatic hydroxyl groups is 1. The molecule has 0 atom stereocenters. The van der Waals surface area contributed by atoms with E-state index in [0.717, 1.165) is 18.2 Å². The van der Waals surface area contributed by atoms with Crippen LogP contribution in [-0.4, -0.2) is 10.0 Å². The molecule has 2 aromatic carbocycles. The predicted molar refractivity (Wildman–Crippen MR) is 70.5 cm³/mol. The fourth-order valence-electron chi connectivity index (χ4n) is 1.61. The van der Waals surface area contributed by atoms with Crippen molar-refractivity contribution in [3.8, 4) is 11.5 Å². The summed E-state index contributed by atoms with van der Waals surface area (Å²) in [5.41, 5.74) is -0.0266. The first-order chi connectivity index (χ1) is 9.51. The Morgan fingerprint density at radius 2 is 2.00 bits per heavy atom. The Morgan fingerprint density at radius 1 is 1.25 bits per heavy atom. The largest absolute Gasteiger partial charge is 0.450 e. The Kier molecular flexibility index (Phi) is 4.16. The van der Waals surface area contributed by atoms with Gasteiger partial charge in [-0.25, -0.2) is 4.39 Å². The lowest BCUT2D eigenvalue weighted by atomic mass is 10.2. The molecule has 7 heteroatoms. The van der Waals surface area contributed by atoms with Crippen LogP contribution in [0.25, 0.3) is 0 Å². The zero-order valence-electron chi connectivity index (χ0n) is 10.0. The van der Waals surface area contributed by atoms with E-state index in [1.165, 1.54) is 18.2 Å². The van der Waals surface area contributed by atoms with E-state index in [1.807, 2.05) is 0 Å². The van der Waals surface area contributed by atoms with Gasteiger partial charge in [-0.1, -0.05) is 11.6 Å². The van der Waals surface area contributed by atoms with Crippen molar-refractivity contribution in [2.45, 2.75) is 6.61 Å². The van der Waals surface area contributed by atoms with Crippen molar-refractivity contribution < 1.29 is 19.2 Å². The summed E-state index contributed by atoms with van der Waals surface area (Å²) < 4.78 is 18.5. The number of rotatable bonds is 4. The quantitative estimate of drug-likeness (QED) is 0.690. The fraction of sp³-hybridized carbons (Fsp3) is 0.0769. The Labute approximate surface area is 118 Å². The van der Waals surface area contributed by atoms with E-state index in [0.29, 0.717) is 10.6 Å². The van der Waals surface area contributed by atoms with Crippen molar-refractivity contribution in [2.24, 2.45) is 0 Å². The average Bonchev–Trinajstić information content (AvgIpc) is 2.40. The maximum absolute atomic E-state index is 13.2. The molecule has 1 N–H and O–H groups in total. The second-order valence-electron chi connectivity index (χ2n) is 3.88. The van der Waals surface area contributed by atoms with E-state index < -0.39 is 10.7 Å². The smallest absolute Gasteiger partial charge is 0.311 e.